The van der Waals surface area contributed by atoms with E-state index in [1.54, 1.807) is 54.5 Å². The quantitative estimate of drug-likeness (QED) is 0.632. The molecule has 1 aliphatic heterocycles. The van der Waals surface area contributed by atoms with Gasteiger partial charge in [-0.3, -0.25) is 4.79 Å². The normalized spacial score (nSPS) is 14.6. The molecule has 2 aromatic rings. The molecular formula is C23H27NO6. The molecule has 1 atom stereocenters. The standard InChI is InChI=1S/C23H27NO6/c1-27-18-9-7-16(8-10-18)21(25)22(30-23(26)24-11-5-4-6-12-24)17-13-19(28-2)15-20(14-17)29-3/h7-10,13-15,22H,4-6,11-12H2,1-3H3. The van der Waals surface area contributed by atoms with Gasteiger partial charge in [-0.2, -0.15) is 0 Å². The van der Waals surface area contributed by atoms with E-state index in [0.717, 1.165) is 19.3 Å². The van der Waals surface area contributed by atoms with Crippen molar-refractivity contribution >= 4 is 11.9 Å². The first-order valence-electron chi connectivity index (χ1n) is 9.92. The molecule has 7 heteroatoms. The first-order valence-corrected chi connectivity index (χ1v) is 9.92. The highest BCUT2D eigenvalue weighted by atomic mass is 16.6. The summed E-state index contributed by atoms with van der Waals surface area (Å²) in [6.07, 6.45) is 1.32. The predicted molar refractivity (Wildman–Crippen MR) is 112 cm³/mol. The Kier molecular flexibility index (Phi) is 7.17. The van der Waals surface area contributed by atoms with Gasteiger partial charge in [0.05, 0.1) is 21.3 Å². The highest BCUT2D eigenvalue weighted by molar-refractivity contribution is 6.01. The number of piperidine rings is 1. The lowest BCUT2D eigenvalue weighted by atomic mass is 9.99. The number of rotatable bonds is 7. The van der Waals surface area contributed by atoms with Crippen molar-refractivity contribution in [2.24, 2.45) is 0 Å². The summed E-state index contributed by atoms with van der Waals surface area (Å²) in [7, 11) is 4.61. The summed E-state index contributed by atoms with van der Waals surface area (Å²) in [5.74, 6) is 1.31. The average Bonchev–Trinajstić information content (AvgIpc) is 2.82. The van der Waals surface area contributed by atoms with E-state index in [4.69, 9.17) is 18.9 Å². The zero-order valence-electron chi connectivity index (χ0n) is 17.6. The van der Waals surface area contributed by atoms with Gasteiger partial charge in [0, 0.05) is 30.3 Å². The van der Waals surface area contributed by atoms with E-state index in [1.807, 2.05) is 0 Å². The van der Waals surface area contributed by atoms with Gasteiger partial charge in [-0.15, -0.1) is 0 Å². The number of Topliss-reactive ketones (excluding diaryl/α,β-unsaturated/α-hetero) is 1. The molecule has 1 saturated heterocycles. The number of ether oxygens (including phenoxy) is 4. The minimum Gasteiger partial charge on any atom is -0.497 e. The molecule has 2 aromatic carbocycles. The van der Waals surface area contributed by atoms with Crippen LogP contribution in [0.4, 0.5) is 4.79 Å². The van der Waals surface area contributed by atoms with Gasteiger partial charge < -0.3 is 23.8 Å². The number of amides is 1. The van der Waals surface area contributed by atoms with Crippen molar-refractivity contribution in [1.29, 1.82) is 0 Å². The summed E-state index contributed by atoms with van der Waals surface area (Å²) in [5, 5.41) is 0. The molecule has 1 aliphatic rings. The van der Waals surface area contributed by atoms with Crippen LogP contribution in [0.1, 0.15) is 41.3 Å². The molecule has 0 N–H and O–H groups in total. The zero-order chi connectivity index (χ0) is 21.5. The second-order valence-electron chi connectivity index (χ2n) is 7.05. The third-order valence-electron chi connectivity index (χ3n) is 5.12. The number of carbonyl (C=O) groups excluding carboxylic acids is 2. The molecule has 0 aromatic heterocycles. The number of hydrogen-bond donors (Lipinski definition) is 0. The van der Waals surface area contributed by atoms with Gasteiger partial charge in [0.15, 0.2) is 6.10 Å². The van der Waals surface area contributed by atoms with Crippen LogP contribution in [0.2, 0.25) is 0 Å². The molecular weight excluding hydrogens is 386 g/mol. The van der Waals surface area contributed by atoms with E-state index in [2.05, 4.69) is 0 Å². The molecule has 1 unspecified atom stereocenters. The lowest BCUT2D eigenvalue weighted by Gasteiger charge is -2.28. The van der Waals surface area contributed by atoms with Crippen LogP contribution in [0.15, 0.2) is 42.5 Å². The average molecular weight is 413 g/mol. The number of hydrogen-bond acceptors (Lipinski definition) is 6. The molecule has 1 fully saturated rings. The van der Waals surface area contributed by atoms with Crippen molar-refractivity contribution in [1.82, 2.24) is 4.90 Å². The summed E-state index contributed by atoms with van der Waals surface area (Å²) in [6.45, 7) is 1.26. The van der Waals surface area contributed by atoms with E-state index in [9.17, 15) is 9.59 Å². The molecule has 160 valence electrons. The second-order valence-corrected chi connectivity index (χ2v) is 7.05. The van der Waals surface area contributed by atoms with E-state index in [1.165, 1.54) is 14.2 Å². The highest BCUT2D eigenvalue weighted by Crippen LogP contribution is 2.31. The molecule has 0 spiro atoms. The summed E-state index contributed by atoms with van der Waals surface area (Å²) < 4.78 is 21.6. The molecule has 0 bridgehead atoms. The number of ketones is 1. The van der Waals surface area contributed by atoms with Gasteiger partial charge in [0.2, 0.25) is 5.78 Å². The lowest BCUT2D eigenvalue weighted by molar-refractivity contribution is 0.0458. The predicted octanol–water partition coefficient (Wildman–Crippen LogP) is 4.26. The third kappa shape index (κ3) is 5.03. The maximum Gasteiger partial charge on any atom is 0.410 e. The van der Waals surface area contributed by atoms with Crippen molar-refractivity contribution in [3.8, 4) is 17.2 Å². The van der Waals surface area contributed by atoms with Crippen LogP contribution in [0.3, 0.4) is 0 Å². The molecule has 1 amide bonds. The Morgan fingerprint density at radius 3 is 1.90 bits per heavy atom. The van der Waals surface area contributed by atoms with Crippen molar-refractivity contribution in [3.63, 3.8) is 0 Å². The lowest BCUT2D eigenvalue weighted by Crippen LogP contribution is -2.37. The Labute approximate surface area is 176 Å². The van der Waals surface area contributed by atoms with Gasteiger partial charge >= 0.3 is 6.09 Å². The van der Waals surface area contributed by atoms with Crippen LogP contribution < -0.4 is 14.2 Å². The second kappa shape index (κ2) is 10.0. The molecule has 1 heterocycles. The summed E-state index contributed by atoms with van der Waals surface area (Å²) in [5.41, 5.74) is 0.895. The molecule has 7 nitrogen and oxygen atoms in total. The zero-order valence-corrected chi connectivity index (χ0v) is 17.6. The van der Waals surface area contributed by atoms with Crippen molar-refractivity contribution in [3.05, 3.63) is 53.6 Å². The molecule has 0 aliphatic carbocycles. The van der Waals surface area contributed by atoms with Crippen LogP contribution in [0, 0.1) is 0 Å². The summed E-state index contributed by atoms with van der Waals surface area (Å²) >= 11 is 0. The Hall–Kier alpha value is -3.22. The first-order chi connectivity index (χ1) is 14.5. The van der Waals surface area contributed by atoms with Crippen molar-refractivity contribution < 1.29 is 28.5 Å². The molecule has 0 saturated carbocycles. The van der Waals surface area contributed by atoms with Crippen LogP contribution in [-0.2, 0) is 4.74 Å². The molecule has 3 rings (SSSR count). The minimum atomic E-state index is -1.13. The smallest absolute Gasteiger partial charge is 0.410 e. The fourth-order valence-electron chi connectivity index (χ4n) is 3.41. The molecule has 30 heavy (non-hydrogen) atoms. The van der Waals surface area contributed by atoms with Gasteiger partial charge in [-0.05, 0) is 55.7 Å². The SMILES string of the molecule is COc1ccc(C(=O)C(OC(=O)N2CCCCC2)c2cc(OC)cc(OC)c2)cc1. The van der Waals surface area contributed by atoms with Gasteiger partial charge in [-0.1, -0.05) is 0 Å². The largest absolute Gasteiger partial charge is 0.497 e. The first kappa shape index (κ1) is 21.5. The maximum atomic E-state index is 13.3. The monoisotopic (exact) mass is 413 g/mol. The van der Waals surface area contributed by atoms with E-state index < -0.39 is 12.2 Å². The van der Waals surface area contributed by atoms with E-state index in [0.29, 0.717) is 41.5 Å². The van der Waals surface area contributed by atoms with E-state index >= 15 is 0 Å². The number of methoxy groups -OCH3 is 3. The van der Waals surface area contributed by atoms with Gasteiger partial charge in [0.1, 0.15) is 17.2 Å². The number of likely N-dealkylation sites (tertiary alicyclic amines) is 1. The third-order valence-corrected chi connectivity index (χ3v) is 5.12. The molecule has 0 radical (unpaired) electrons. The van der Waals surface area contributed by atoms with Crippen LogP contribution in [0.5, 0.6) is 17.2 Å². The van der Waals surface area contributed by atoms with Gasteiger partial charge in [0.25, 0.3) is 0 Å². The fraction of sp³-hybridized carbons (Fsp3) is 0.391. The highest BCUT2D eigenvalue weighted by Gasteiger charge is 2.30. The van der Waals surface area contributed by atoms with Crippen LogP contribution in [0.25, 0.3) is 0 Å². The van der Waals surface area contributed by atoms with Gasteiger partial charge in [-0.25, -0.2) is 4.79 Å². The van der Waals surface area contributed by atoms with Crippen molar-refractivity contribution in [2.75, 3.05) is 34.4 Å². The Morgan fingerprint density at radius 2 is 1.37 bits per heavy atom. The topological polar surface area (TPSA) is 74.3 Å². The minimum absolute atomic E-state index is 0.335. The number of benzene rings is 2. The number of nitrogens with zero attached hydrogens (tertiary/aromatic N) is 1. The summed E-state index contributed by atoms with van der Waals surface area (Å²) in [4.78, 5) is 27.8. The van der Waals surface area contributed by atoms with E-state index in [-0.39, 0.29) is 5.78 Å². The van der Waals surface area contributed by atoms with Crippen molar-refractivity contribution in [2.45, 2.75) is 25.4 Å². The maximum absolute atomic E-state index is 13.3. The Morgan fingerprint density at radius 1 is 0.800 bits per heavy atom. The van der Waals surface area contributed by atoms with Crippen LogP contribution >= 0.6 is 0 Å². The Bertz CT molecular complexity index is 852. The fourth-order valence-corrected chi connectivity index (χ4v) is 3.41. The van der Waals surface area contributed by atoms with Crippen LogP contribution in [-0.4, -0.2) is 51.2 Å². The number of carbonyl (C=O) groups is 2. The Balaban J connectivity index is 1.94. The summed E-state index contributed by atoms with van der Waals surface area (Å²) in [6, 6.07) is 11.8.